The van der Waals surface area contributed by atoms with Crippen molar-refractivity contribution < 1.29 is 41.4 Å². The van der Waals surface area contributed by atoms with Crippen molar-refractivity contribution in [3.63, 3.8) is 0 Å². The van der Waals surface area contributed by atoms with Gasteiger partial charge in [-0.25, -0.2) is 8.78 Å². The van der Waals surface area contributed by atoms with Crippen molar-refractivity contribution in [3.05, 3.63) is 75.2 Å². The molecule has 2 atom stereocenters. The number of ketones is 1. The van der Waals surface area contributed by atoms with Crippen molar-refractivity contribution in [1.29, 1.82) is 0 Å². The number of aromatic nitrogens is 1. The van der Waals surface area contributed by atoms with Crippen molar-refractivity contribution in [1.82, 2.24) is 9.88 Å². The zero-order valence-electron chi connectivity index (χ0n) is 22.4. The lowest BCUT2D eigenvalue weighted by atomic mass is 10.1. The van der Waals surface area contributed by atoms with E-state index >= 15 is 0 Å². The molecule has 0 saturated heterocycles. The number of ether oxygens (including phenoxy) is 2. The van der Waals surface area contributed by atoms with Crippen LogP contribution in [0.2, 0.25) is 5.02 Å². The number of amides is 1. The van der Waals surface area contributed by atoms with Crippen LogP contribution in [0.25, 0.3) is 10.8 Å². The first kappa shape index (κ1) is 31.0. The van der Waals surface area contributed by atoms with Crippen LogP contribution in [0.1, 0.15) is 51.5 Å². The van der Waals surface area contributed by atoms with Gasteiger partial charge in [0.15, 0.2) is 23.2 Å². The van der Waals surface area contributed by atoms with Crippen LogP contribution < -0.4 is 15.6 Å². The summed E-state index contributed by atoms with van der Waals surface area (Å²) in [6, 6.07) is 3.55. The fourth-order valence-corrected chi connectivity index (χ4v) is 4.99. The van der Waals surface area contributed by atoms with Crippen LogP contribution in [0.4, 0.5) is 17.6 Å². The molecular formula is C29H27ClF4N2O6. The summed E-state index contributed by atoms with van der Waals surface area (Å²) in [7, 11) is 0. The van der Waals surface area contributed by atoms with Crippen molar-refractivity contribution in [2.45, 2.75) is 63.6 Å². The van der Waals surface area contributed by atoms with Crippen LogP contribution in [0, 0.1) is 23.3 Å². The third kappa shape index (κ3) is 6.92. The Morgan fingerprint density at radius 1 is 1.05 bits per heavy atom. The molecule has 1 N–H and O–H groups in total. The fourth-order valence-electron chi connectivity index (χ4n) is 4.82. The summed E-state index contributed by atoms with van der Waals surface area (Å²) in [6.45, 7) is 0.473. The van der Waals surface area contributed by atoms with Crippen LogP contribution >= 0.6 is 11.6 Å². The highest BCUT2D eigenvalue weighted by molar-refractivity contribution is 6.31. The number of carbonyl (C=O) groups is 3. The van der Waals surface area contributed by atoms with Gasteiger partial charge in [0.05, 0.1) is 6.42 Å². The Kier molecular flexibility index (Phi) is 9.87. The summed E-state index contributed by atoms with van der Waals surface area (Å²) in [5.41, 5.74) is -0.525. The molecule has 1 heterocycles. The summed E-state index contributed by atoms with van der Waals surface area (Å²) < 4.78 is 66.6. The number of Topliss-reactive ketones (excluding diaryl/α,β-unsaturated/α-hetero) is 1. The monoisotopic (exact) mass is 610 g/mol. The summed E-state index contributed by atoms with van der Waals surface area (Å²) in [5, 5.41) is 3.56. The maximum atomic E-state index is 14.1. The molecule has 1 amide bonds. The second-order valence-electron chi connectivity index (χ2n) is 9.90. The van der Waals surface area contributed by atoms with E-state index in [1.807, 2.05) is 0 Å². The summed E-state index contributed by atoms with van der Waals surface area (Å²) >= 11 is 6.03. The highest BCUT2D eigenvalue weighted by Crippen LogP contribution is 2.27. The summed E-state index contributed by atoms with van der Waals surface area (Å²) in [6.07, 6.45) is 3.47. The van der Waals surface area contributed by atoms with Crippen LogP contribution in [0.3, 0.4) is 0 Å². The van der Waals surface area contributed by atoms with Gasteiger partial charge in [0.1, 0.15) is 24.8 Å². The smallest absolute Gasteiger partial charge is 0.308 e. The minimum atomic E-state index is -1.86. The molecule has 1 aliphatic carbocycles. The Morgan fingerprint density at radius 3 is 2.36 bits per heavy atom. The van der Waals surface area contributed by atoms with E-state index in [1.54, 1.807) is 25.1 Å². The maximum Gasteiger partial charge on any atom is 0.308 e. The van der Waals surface area contributed by atoms with Crippen molar-refractivity contribution >= 4 is 40.0 Å². The minimum Gasteiger partial charge on any atom is -0.479 e. The molecule has 13 heteroatoms. The lowest BCUT2D eigenvalue weighted by molar-refractivity contribution is -0.151. The highest BCUT2D eigenvalue weighted by Gasteiger charge is 2.31. The molecule has 1 aliphatic rings. The molecule has 0 aliphatic heterocycles. The number of rotatable bonds is 11. The average molecular weight is 611 g/mol. The zero-order valence-corrected chi connectivity index (χ0v) is 23.2. The van der Waals surface area contributed by atoms with Gasteiger partial charge in [0.2, 0.25) is 17.5 Å². The third-order valence-corrected chi connectivity index (χ3v) is 7.26. The van der Waals surface area contributed by atoms with E-state index < -0.39 is 77.3 Å². The molecule has 1 aromatic heterocycles. The van der Waals surface area contributed by atoms with E-state index in [0.29, 0.717) is 23.3 Å². The molecule has 1 fully saturated rings. The number of halogens is 5. The van der Waals surface area contributed by atoms with E-state index in [1.165, 1.54) is 12.3 Å². The van der Waals surface area contributed by atoms with Gasteiger partial charge in [-0.1, -0.05) is 24.6 Å². The molecular weight excluding hydrogens is 584 g/mol. The number of hydrogen-bond donors (Lipinski definition) is 1. The molecule has 224 valence electrons. The molecule has 0 radical (unpaired) electrons. The first-order chi connectivity index (χ1) is 20.0. The summed E-state index contributed by atoms with van der Waals surface area (Å²) in [5.74, 6) is -11.3. The SMILES string of the molecule is CC[C@@H](C(=O)NC(CC(=O)OC1CCCC1)C(=O)COc1c(F)c(F)cc(F)c1F)n1ccc2ccc(Cl)cc2c1=O. The number of fused-ring (bicyclic) bond motifs is 1. The minimum absolute atomic E-state index is 0.0189. The van der Waals surface area contributed by atoms with Crippen LogP contribution in [-0.4, -0.2) is 41.0 Å². The molecule has 0 spiro atoms. The van der Waals surface area contributed by atoms with Crippen LogP contribution in [0.15, 0.2) is 41.3 Å². The second kappa shape index (κ2) is 13.4. The topological polar surface area (TPSA) is 104 Å². The van der Waals surface area contributed by atoms with Gasteiger partial charge in [-0.15, -0.1) is 0 Å². The van der Waals surface area contributed by atoms with Crippen LogP contribution in [0.5, 0.6) is 5.75 Å². The van der Waals surface area contributed by atoms with Crippen molar-refractivity contribution in [2.24, 2.45) is 0 Å². The predicted molar refractivity (Wildman–Crippen MR) is 144 cm³/mol. The van der Waals surface area contributed by atoms with E-state index in [4.69, 9.17) is 21.1 Å². The van der Waals surface area contributed by atoms with E-state index in [-0.39, 0.29) is 24.0 Å². The van der Waals surface area contributed by atoms with Gasteiger partial charge in [-0.05, 0) is 55.7 Å². The lowest BCUT2D eigenvalue weighted by Gasteiger charge is -2.23. The van der Waals surface area contributed by atoms with Crippen molar-refractivity contribution in [3.8, 4) is 5.75 Å². The largest absolute Gasteiger partial charge is 0.479 e. The Labute approximate surface area is 242 Å². The van der Waals surface area contributed by atoms with Gasteiger partial charge in [-0.2, -0.15) is 8.78 Å². The van der Waals surface area contributed by atoms with Crippen LogP contribution in [-0.2, 0) is 19.1 Å². The van der Waals surface area contributed by atoms with Gasteiger partial charge >= 0.3 is 5.97 Å². The fraction of sp³-hybridized carbons (Fsp3) is 0.379. The van der Waals surface area contributed by atoms with E-state index in [9.17, 15) is 36.7 Å². The van der Waals surface area contributed by atoms with Gasteiger partial charge < -0.3 is 19.4 Å². The van der Waals surface area contributed by atoms with E-state index in [0.717, 1.165) is 17.4 Å². The number of hydrogen-bond acceptors (Lipinski definition) is 6. The number of nitrogens with zero attached hydrogens (tertiary/aromatic N) is 1. The van der Waals surface area contributed by atoms with E-state index in [2.05, 4.69) is 5.32 Å². The number of benzene rings is 2. The molecule has 1 saturated carbocycles. The highest BCUT2D eigenvalue weighted by atomic mass is 35.5. The van der Waals surface area contributed by atoms with Gasteiger partial charge in [-0.3, -0.25) is 19.2 Å². The van der Waals surface area contributed by atoms with Gasteiger partial charge in [0.25, 0.3) is 5.56 Å². The van der Waals surface area contributed by atoms with Crippen molar-refractivity contribution in [2.75, 3.05) is 6.61 Å². The first-order valence-electron chi connectivity index (χ1n) is 13.3. The Bertz CT molecular complexity index is 1550. The summed E-state index contributed by atoms with van der Waals surface area (Å²) in [4.78, 5) is 52.3. The number of nitrogens with one attached hydrogen (secondary N) is 1. The Balaban J connectivity index is 1.57. The number of carbonyl (C=O) groups excluding carboxylic acids is 3. The molecule has 3 aromatic rings. The molecule has 0 bridgehead atoms. The average Bonchev–Trinajstić information content (AvgIpc) is 3.46. The number of pyridine rings is 1. The first-order valence-corrected chi connectivity index (χ1v) is 13.7. The molecule has 8 nitrogen and oxygen atoms in total. The predicted octanol–water partition coefficient (Wildman–Crippen LogP) is 5.17. The molecule has 1 unspecified atom stereocenters. The molecule has 42 heavy (non-hydrogen) atoms. The lowest BCUT2D eigenvalue weighted by Crippen LogP contribution is -2.48. The molecule has 4 rings (SSSR count). The standard InChI is InChI=1S/C29H27ClF4N2O6/c1-2-22(36-10-9-15-7-8-16(30)11-18(15)29(36)40)28(39)35-21(13-24(38)42-17-5-3-4-6-17)23(37)14-41-27-25(33)19(31)12-20(32)26(27)34/h7-12,17,21-22H,2-6,13-14H2,1H3,(H,35,39)/t21?,22-/m0/s1. The second-order valence-corrected chi connectivity index (χ2v) is 10.3. The quantitative estimate of drug-likeness (QED) is 0.183. The normalized spacial score (nSPS) is 14.9. The Morgan fingerprint density at radius 2 is 1.71 bits per heavy atom. The zero-order chi connectivity index (χ0) is 30.6. The Hall–Kier alpha value is -3.93. The number of esters is 1. The third-order valence-electron chi connectivity index (χ3n) is 7.03. The maximum absolute atomic E-state index is 14.1. The molecule has 2 aromatic carbocycles. The van der Waals surface area contributed by atoms with Gasteiger partial charge in [0, 0.05) is 22.7 Å².